The number of aromatic nitrogens is 2. The standard InChI is InChI=1S/C88H161N13O41/c1-116-23-27-126-37-47-136-62-80(105)93-11-17-120-31-41-132-58-72(59-133-42-32-121-18-12-94-81(106)63-137-48-38-127-28-24-117-2)141-67-85(110)97-15-21-124-35-45-130-56-71(140-66-84(109)92-10-8-79(104)91-9-6-5-7-75(78(103)55-100-76(88(114)115)52-87(112)113)99-54-77(102)74(89)51-70-53-90-69-101-70)57-131-46-36-125-22-16-98-86(111)68-142-73(60-134-43-33-122-19-13-95-82(107)64-138-49-39-128-29-25-118-3)61-135-44-34-123-20-14-96-83(108)65-139-50-40-129-30-26-119-4/h53,69,71-76,99-100H,5-52,54-68,89H2,1-4H3,(H,90,101)(H,91,104)(H,92,109)(H,93,105)(H,94,106)(H,95,107)(H,96,108)(H,97,110)(H,98,111)(H,112,113)(H,114,115)/t74-,75-,76-/m0/s1. The van der Waals surface area contributed by atoms with Gasteiger partial charge in [-0.2, -0.15) is 0 Å². The molecular formula is C88H161N13O41. The summed E-state index contributed by atoms with van der Waals surface area (Å²) in [5.74, 6) is -6.96. The van der Waals surface area contributed by atoms with E-state index in [9.17, 15) is 67.7 Å². The largest absolute Gasteiger partial charge is 0.481 e. The monoisotopic (exact) mass is 2060 g/mol. The molecule has 0 bridgehead atoms. The minimum Gasteiger partial charge on any atom is -0.481 e. The molecule has 0 saturated heterocycles. The first-order valence-electron chi connectivity index (χ1n) is 47.4. The van der Waals surface area contributed by atoms with Crippen LogP contribution in [0.2, 0.25) is 0 Å². The van der Waals surface area contributed by atoms with E-state index in [1.807, 2.05) is 0 Å². The summed E-state index contributed by atoms with van der Waals surface area (Å²) >= 11 is 0. The van der Waals surface area contributed by atoms with E-state index in [1.165, 1.54) is 12.5 Å². The van der Waals surface area contributed by atoms with Crippen molar-refractivity contribution in [1.29, 1.82) is 0 Å². The topological polar surface area (TPSA) is 670 Å². The van der Waals surface area contributed by atoms with Crippen LogP contribution in [0.25, 0.3) is 0 Å². The number of aromatic amines is 1. The number of nitrogens with one attached hydrogen (secondary N) is 11. The second kappa shape index (κ2) is 99.0. The molecule has 0 fully saturated rings. The van der Waals surface area contributed by atoms with Crippen molar-refractivity contribution < 1.29 is 196 Å². The molecule has 0 radical (unpaired) electrons. The lowest BCUT2D eigenvalue weighted by Gasteiger charge is -2.20. The molecule has 0 spiro atoms. The highest BCUT2D eigenvalue weighted by atomic mass is 16.6. The van der Waals surface area contributed by atoms with E-state index in [0.717, 1.165) is 0 Å². The highest BCUT2D eigenvalue weighted by Crippen LogP contribution is 2.07. The highest BCUT2D eigenvalue weighted by Gasteiger charge is 2.27. The molecule has 1 aromatic heterocycles. The number of ketones is 2. The maximum Gasteiger partial charge on any atom is 0.321 e. The van der Waals surface area contributed by atoms with Gasteiger partial charge in [0.25, 0.3) is 0 Å². The van der Waals surface area contributed by atoms with E-state index in [-0.39, 0.29) is 326 Å². The average Bonchev–Trinajstić information content (AvgIpc) is 1.42. The minimum absolute atomic E-state index is 0.0272. The Kier molecular flexibility index (Phi) is 92.1. The molecule has 142 heavy (non-hydrogen) atoms. The Morgan fingerprint density at radius 1 is 0.310 bits per heavy atom. The van der Waals surface area contributed by atoms with Gasteiger partial charge in [-0.3, -0.25) is 62.9 Å². The molecule has 54 heteroatoms. The van der Waals surface area contributed by atoms with Crippen molar-refractivity contribution in [3.8, 4) is 0 Å². The van der Waals surface area contributed by atoms with Crippen molar-refractivity contribution in [2.45, 2.75) is 75.0 Å². The maximum absolute atomic E-state index is 13.4. The first-order chi connectivity index (χ1) is 69.2. The normalized spacial score (nSPS) is 12.1. The number of carboxylic acid groups (broad SMARTS) is 2. The zero-order valence-corrected chi connectivity index (χ0v) is 83.0. The zero-order chi connectivity index (χ0) is 104. The van der Waals surface area contributed by atoms with Gasteiger partial charge in [-0.25, -0.2) is 4.98 Å². The number of nitrogens with two attached hydrogens (primary N) is 1. The Morgan fingerprint density at radius 2 is 0.577 bits per heavy atom. The molecule has 824 valence electrons. The Balaban J connectivity index is 2.93. The quantitative estimate of drug-likeness (QED) is 0.0269. The molecule has 3 atom stereocenters. The molecule has 0 aliphatic heterocycles. The van der Waals surface area contributed by atoms with Gasteiger partial charge >= 0.3 is 11.9 Å². The molecule has 0 aromatic carbocycles. The summed E-state index contributed by atoms with van der Waals surface area (Å²) in [7, 11) is 6.28. The SMILES string of the molecule is COCCOCCOCC(=O)NCCOCCOCC(COCCOCCNC(=O)COCCOCCOC)OCC(=O)NCCOCCOCC(COCCOCCNC(=O)COC(COCCOCCNC(=O)COCCOCCOC)COCCOCCNC(=O)COCCOCCOC)OCC(=O)NCCC(=O)NCCCC[C@H](NCC(=O)[C@@H](N)Cc1cnc[nH]1)C(=O)CN[C@@H](CC(=O)O)C(=O)O. The molecular weight excluding hydrogens is 1900 g/mol. The molecule has 8 amide bonds. The third-order valence-corrected chi connectivity index (χ3v) is 18.4. The van der Waals surface area contributed by atoms with Crippen molar-refractivity contribution >= 4 is 70.8 Å². The Labute approximate surface area is 829 Å². The number of carbonyl (C=O) groups excluding carboxylic acids is 10. The number of aliphatic carboxylic acids is 2. The van der Waals surface area contributed by atoms with Gasteiger partial charge in [0.2, 0.25) is 47.3 Å². The van der Waals surface area contributed by atoms with Crippen LogP contribution in [0.1, 0.15) is 37.8 Å². The van der Waals surface area contributed by atoms with E-state index in [4.69, 9.17) is 134 Å². The predicted octanol–water partition coefficient (Wildman–Crippen LogP) is -7.54. The lowest BCUT2D eigenvalue weighted by atomic mass is 10.0. The zero-order valence-electron chi connectivity index (χ0n) is 83.0. The number of nitrogens with zero attached hydrogens (tertiary/aromatic N) is 1. The van der Waals surface area contributed by atoms with E-state index >= 15 is 0 Å². The summed E-state index contributed by atoms with van der Waals surface area (Å²) in [5, 5.41) is 45.7. The van der Waals surface area contributed by atoms with Crippen LogP contribution in [0.15, 0.2) is 12.5 Å². The van der Waals surface area contributed by atoms with Gasteiger partial charge in [-0.05, 0) is 19.3 Å². The van der Waals surface area contributed by atoms with E-state index in [2.05, 4.69) is 63.1 Å². The second-order valence-corrected chi connectivity index (χ2v) is 30.2. The Hall–Kier alpha value is -7.95. The van der Waals surface area contributed by atoms with Gasteiger partial charge in [0.15, 0.2) is 11.6 Å². The van der Waals surface area contributed by atoms with Crippen LogP contribution in [-0.2, 0) is 192 Å². The number of Topliss-reactive ketones (excluding diaryl/α,β-unsaturated/α-hetero) is 2. The number of hydrogen-bond acceptors (Lipinski definition) is 43. The van der Waals surface area contributed by atoms with Crippen LogP contribution in [0, 0.1) is 0 Å². The van der Waals surface area contributed by atoms with Gasteiger partial charge < -0.3 is 197 Å². The summed E-state index contributed by atoms with van der Waals surface area (Å²) in [5.41, 5.74) is 6.72. The molecule has 0 aliphatic rings. The van der Waals surface area contributed by atoms with Crippen molar-refractivity contribution in [3.05, 3.63) is 18.2 Å². The van der Waals surface area contributed by atoms with Crippen molar-refractivity contribution in [2.75, 3.05) is 404 Å². The van der Waals surface area contributed by atoms with Crippen molar-refractivity contribution in [3.63, 3.8) is 0 Å². The number of unbranched alkanes of at least 4 members (excludes halogenated alkanes) is 1. The molecule has 1 aromatic rings. The van der Waals surface area contributed by atoms with Gasteiger partial charge in [0.05, 0.1) is 302 Å². The third-order valence-electron chi connectivity index (χ3n) is 18.4. The molecule has 0 aliphatic carbocycles. The summed E-state index contributed by atoms with van der Waals surface area (Å²) in [4.78, 5) is 157. The first kappa shape index (κ1) is 132. The summed E-state index contributed by atoms with van der Waals surface area (Å²) in [6.07, 6.45) is 0.847. The van der Waals surface area contributed by atoms with Crippen LogP contribution in [0.5, 0.6) is 0 Å². The van der Waals surface area contributed by atoms with Gasteiger partial charge in [-0.1, -0.05) is 0 Å². The van der Waals surface area contributed by atoms with Crippen LogP contribution < -0.4 is 58.9 Å². The van der Waals surface area contributed by atoms with Crippen LogP contribution >= 0.6 is 0 Å². The van der Waals surface area contributed by atoms with Crippen LogP contribution in [0.3, 0.4) is 0 Å². The average molecular weight is 2060 g/mol. The molecule has 1 heterocycles. The summed E-state index contributed by atoms with van der Waals surface area (Å²) < 4.78 is 148. The molecule has 54 nitrogen and oxygen atoms in total. The minimum atomic E-state index is -1.56. The van der Waals surface area contributed by atoms with Crippen molar-refractivity contribution in [1.82, 2.24) is 63.1 Å². The second-order valence-electron chi connectivity index (χ2n) is 30.2. The van der Waals surface area contributed by atoms with Crippen LogP contribution in [0.4, 0.5) is 0 Å². The number of H-pyrrole nitrogens is 1. The Morgan fingerprint density at radius 3 is 0.873 bits per heavy atom. The third kappa shape index (κ3) is 88.5. The molecule has 0 unspecified atom stereocenters. The van der Waals surface area contributed by atoms with Crippen molar-refractivity contribution in [2.24, 2.45) is 5.73 Å². The van der Waals surface area contributed by atoms with E-state index in [0.29, 0.717) is 97.8 Å². The highest BCUT2D eigenvalue weighted by molar-refractivity contribution is 5.90. The number of rotatable bonds is 110. The van der Waals surface area contributed by atoms with Gasteiger partial charge in [-0.15, -0.1) is 0 Å². The lowest BCUT2D eigenvalue weighted by Crippen LogP contribution is -2.49. The molecule has 15 N–H and O–H groups in total. The predicted molar refractivity (Wildman–Crippen MR) is 499 cm³/mol. The fourth-order valence-electron chi connectivity index (χ4n) is 11.0. The molecule has 1 rings (SSSR count). The summed E-state index contributed by atoms with van der Waals surface area (Å²) in [6, 6.07) is -3.47. The van der Waals surface area contributed by atoms with Gasteiger partial charge in [0.1, 0.15) is 70.6 Å². The summed E-state index contributed by atoms with van der Waals surface area (Å²) in [6.45, 7) is 7.09. The number of ether oxygens (including phenoxy) is 27. The Bertz CT molecular complexity index is 3050. The van der Waals surface area contributed by atoms with E-state index in [1.54, 1.807) is 28.4 Å². The van der Waals surface area contributed by atoms with Gasteiger partial charge in [0, 0.05) is 106 Å². The number of amides is 8. The first-order valence-corrected chi connectivity index (χ1v) is 47.4. The smallest absolute Gasteiger partial charge is 0.321 e. The fourth-order valence-corrected chi connectivity index (χ4v) is 11.0. The lowest BCUT2D eigenvalue weighted by molar-refractivity contribution is -0.146. The fraction of sp³-hybridized carbons (Fsp3) is 0.830. The number of carboxylic acids is 2. The number of hydrogen-bond donors (Lipinski definition) is 14. The van der Waals surface area contributed by atoms with E-state index < -0.39 is 103 Å². The maximum atomic E-state index is 13.4. The van der Waals surface area contributed by atoms with Crippen LogP contribution in [-0.4, -0.2) is 532 Å². The number of imidazole rings is 1. The molecule has 0 saturated carbocycles. The number of carbonyl (C=O) groups is 12. The number of methoxy groups -OCH3 is 4.